The van der Waals surface area contributed by atoms with E-state index in [1.54, 1.807) is 30.2 Å². The first-order valence-corrected chi connectivity index (χ1v) is 6.96. The fraction of sp³-hybridized carbons (Fsp3) is 0.250. The molecule has 0 amide bonds. The van der Waals surface area contributed by atoms with E-state index in [2.05, 4.69) is 16.6 Å². The van der Waals surface area contributed by atoms with Crippen molar-refractivity contribution >= 4 is 29.1 Å². The van der Waals surface area contributed by atoms with Gasteiger partial charge in [-0.1, -0.05) is 11.6 Å². The van der Waals surface area contributed by atoms with E-state index in [4.69, 9.17) is 16.0 Å². The van der Waals surface area contributed by atoms with Crippen LogP contribution in [0.15, 0.2) is 35.0 Å². The first-order chi connectivity index (χ1) is 8.29. The second-order valence-corrected chi connectivity index (χ2v) is 4.78. The summed E-state index contributed by atoms with van der Waals surface area (Å²) >= 11 is 7.75. The van der Waals surface area contributed by atoms with Crippen molar-refractivity contribution in [1.29, 1.82) is 0 Å². The third-order valence-electron chi connectivity index (χ3n) is 2.22. The van der Waals surface area contributed by atoms with E-state index >= 15 is 0 Å². The van der Waals surface area contributed by atoms with Crippen LogP contribution < -0.4 is 5.32 Å². The molecule has 0 radical (unpaired) electrons. The molecule has 0 spiro atoms. The summed E-state index contributed by atoms with van der Waals surface area (Å²) in [5.74, 6) is 2.79. The zero-order valence-corrected chi connectivity index (χ0v) is 11.0. The fourth-order valence-corrected chi connectivity index (χ4v) is 2.04. The highest BCUT2D eigenvalue weighted by Crippen LogP contribution is 2.20. The molecular weight excluding hydrogens is 256 g/mol. The van der Waals surface area contributed by atoms with Crippen molar-refractivity contribution < 1.29 is 4.42 Å². The second kappa shape index (κ2) is 5.98. The normalized spacial score (nSPS) is 10.5. The van der Waals surface area contributed by atoms with Crippen LogP contribution in [0.3, 0.4) is 0 Å². The van der Waals surface area contributed by atoms with Crippen LogP contribution in [0.4, 0.5) is 5.69 Å². The lowest BCUT2D eigenvalue weighted by Crippen LogP contribution is -1.99. The van der Waals surface area contributed by atoms with Gasteiger partial charge in [-0.2, -0.15) is 11.8 Å². The molecule has 2 rings (SSSR count). The molecule has 3 nitrogen and oxygen atoms in total. The molecule has 0 unspecified atom stereocenters. The Labute approximate surface area is 110 Å². The highest BCUT2D eigenvalue weighted by atomic mass is 35.5. The van der Waals surface area contributed by atoms with Crippen molar-refractivity contribution in [2.75, 3.05) is 11.6 Å². The van der Waals surface area contributed by atoms with Gasteiger partial charge in [-0.3, -0.25) is 4.98 Å². The van der Waals surface area contributed by atoms with Crippen molar-refractivity contribution in [3.63, 3.8) is 0 Å². The van der Waals surface area contributed by atoms with E-state index in [9.17, 15) is 0 Å². The van der Waals surface area contributed by atoms with Gasteiger partial charge in [-0.15, -0.1) is 0 Å². The molecule has 5 heteroatoms. The number of halogens is 1. The molecule has 2 aromatic rings. The summed E-state index contributed by atoms with van der Waals surface area (Å²) < 4.78 is 5.64. The van der Waals surface area contributed by atoms with E-state index in [1.807, 2.05) is 12.1 Å². The Balaban J connectivity index is 1.95. The SMILES string of the molecule is CSCc1ccc(CNc2cnccc2Cl)o1. The van der Waals surface area contributed by atoms with Crippen molar-refractivity contribution in [3.05, 3.63) is 47.1 Å². The Bertz CT molecular complexity index is 487. The monoisotopic (exact) mass is 268 g/mol. The number of pyridine rings is 1. The highest BCUT2D eigenvalue weighted by Gasteiger charge is 2.03. The number of aromatic nitrogens is 1. The quantitative estimate of drug-likeness (QED) is 0.895. The number of hydrogen-bond acceptors (Lipinski definition) is 4. The van der Waals surface area contributed by atoms with Gasteiger partial charge in [0.05, 0.1) is 29.2 Å². The molecule has 2 aromatic heterocycles. The Morgan fingerprint density at radius 1 is 1.35 bits per heavy atom. The summed E-state index contributed by atoms with van der Waals surface area (Å²) in [5, 5.41) is 3.85. The summed E-state index contributed by atoms with van der Waals surface area (Å²) in [5.41, 5.74) is 0.817. The van der Waals surface area contributed by atoms with Gasteiger partial charge in [0, 0.05) is 6.20 Å². The number of nitrogens with zero attached hydrogens (tertiary/aromatic N) is 1. The number of rotatable bonds is 5. The largest absolute Gasteiger partial charge is 0.463 e. The maximum Gasteiger partial charge on any atom is 0.123 e. The first-order valence-electron chi connectivity index (χ1n) is 5.19. The molecule has 1 N–H and O–H groups in total. The minimum absolute atomic E-state index is 0.611. The third kappa shape index (κ3) is 3.41. The molecule has 17 heavy (non-hydrogen) atoms. The minimum atomic E-state index is 0.611. The number of furan rings is 1. The molecule has 0 aliphatic heterocycles. The van der Waals surface area contributed by atoms with Crippen LogP contribution in [0.1, 0.15) is 11.5 Å². The Morgan fingerprint density at radius 2 is 2.18 bits per heavy atom. The maximum absolute atomic E-state index is 6.01. The fourth-order valence-electron chi connectivity index (χ4n) is 1.43. The van der Waals surface area contributed by atoms with Crippen LogP contribution in [-0.4, -0.2) is 11.2 Å². The summed E-state index contributed by atoms with van der Waals surface area (Å²) in [7, 11) is 0. The summed E-state index contributed by atoms with van der Waals surface area (Å²) in [4.78, 5) is 4.01. The summed E-state index contributed by atoms with van der Waals surface area (Å²) in [6, 6.07) is 5.73. The number of nitrogens with one attached hydrogen (secondary N) is 1. The van der Waals surface area contributed by atoms with Crippen LogP contribution in [-0.2, 0) is 12.3 Å². The summed E-state index contributed by atoms with van der Waals surface area (Å²) in [6.45, 7) is 0.611. The topological polar surface area (TPSA) is 38.1 Å². The lowest BCUT2D eigenvalue weighted by Gasteiger charge is -2.05. The van der Waals surface area contributed by atoms with Crippen LogP contribution in [0.5, 0.6) is 0 Å². The van der Waals surface area contributed by atoms with Crippen LogP contribution in [0.2, 0.25) is 5.02 Å². The van der Waals surface area contributed by atoms with Gasteiger partial charge in [-0.05, 0) is 24.5 Å². The van der Waals surface area contributed by atoms with Gasteiger partial charge < -0.3 is 9.73 Å². The standard InChI is InChI=1S/C12H13ClN2OS/c1-17-8-10-3-2-9(16-10)6-15-12-7-14-5-4-11(12)13/h2-5,7,15H,6,8H2,1H3. The predicted octanol–water partition coefficient (Wildman–Crippen LogP) is 3.80. The Hall–Kier alpha value is -1.13. The summed E-state index contributed by atoms with van der Waals surface area (Å²) in [6.07, 6.45) is 5.42. The molecule has 0 aliphatic carbocycles. The molecule has 90 valence electrons. The van der Waals surface area contributed by atoms with Gasteiger partial charge >= 0.3 is 0 Å². The van der Waals surface area contributed by atoms with E-state index < -0.39 is 0 Å². The Kier molecular flexibility index (Phi) is 4.34. The van der Waals surface area contributed by atoms with E-state index in [0.717, 1.165) is 23.0 Å². The van der Waals surface area contributed by atoms with Gasteiger partial charge in [0.1, 0.15) is 11.5 Å². The van der Waals surface area contributed by atoms with E-state index in [-0.39, 0.29) is 0 Å². The molecule has 0 saturated heterocycles. The van der Waals surface area contributed by atoms with Crippen LogP contribution >= 0.6 is 23.4 Å². The Morgan fingerprint density at radius 3 is 2.94 bits per heavy atom. The van der Waals surface area contributed by atoms with Crippen molar-refractivity contribution in [3.8, 4) is 0 Å². The molecule has 0 fully saturated rings. The van der Waals surface area contributed by atoms with Crippen LogP contribution in [0.25, 0.3) is 0 Å². The molecule has 0 aliphatic rings. The van der Waals surface area contributed by atoms with E-state index in [0.29, 0.717) is 11.6 Å². The van der Waals surface area contributed by atoms with Crippen molar-refractivity contribution in [2.45, 2.75) is 12.3 Å². The van der Waals surface area contributed by atoms with Crippen molar-refractivity contribution in [1.82, 2.24) is 4.98 Å². The minimum Gasteiger partial charge on any atom is -0.463 e. The molecule has 0 atom stereocenters. The van der Waals surface area contributed by atoms with Gasteiger partial charge in [-0.25, -0.2) is 0 Å². The third-order valence-corrected chi connectivity index (χ3v) is 3.13. The van der Waals surface area contributed by atoms with Crippen LogP contribution in [0, 0.1) is 0 Å². The second-order valence-electron chi connectivity index (χ2n) is 3.51. The predicted molar refractivity (Wildman–Crippen MR) is 72.5 cm³/mol. The van der Waals surface area contributed by atoms with Crippen molar-refractivity contribution in [2.24, 2.45) is 0 Å². The van der Waals surface area contributed by atoms with E-state index in [1.165, 1.54) is 0 Å². The van der Waals surface area contributed by atoms with Gasteiger partial charge in [0.2, 0.25) is 0 Å². The average molecular weight is 269 g/mol. The average Bonchev–Trinajstić information content (AvgIpc) is 2.76. The molecule has 2 heterocycles. The number of anilines is 1. The molecule has 0 saturated carbocycles. The number of hydrogen-bond donors (Lipinski definition) is 1. The molecular formula is C12H13ClN2OS. The lowest BCUT2D eigenvalue weighted by molar-refractivity contribution is 0.487. The zero-order valence-electron chi connectivity index (χ0n) is 9.44. The lowest BCUT2D eigenvalue weighted by atomic mass is 10.4. The first kappa shape index (κ1) is 12.3. The van der Waals surface area contributed by atoms with Gasteiger partial charge in [0.25, 0.3) is 0 Å². The molecule has 0 bridgehead atoms. The zero-order chi connectivity index (χ0) is 12.1. The highest BCUT2D eigenvalue weighted by molar-refractivity contribution is 7.97. The number of thioether (sulfide) groups is 1. The maximum atomic E-state index is 6.01. The van der Waals surface area contributed by atoms with Gasteiger partial charge in [0.15, 0.2) is 0 Å². The molecule has 0 aromatic carbocycles. The smallest absolute Gasteiger partial charge is 0.123 e.